The van der Waals surface area contributed by atoms with Crippen molar-refractivity contribution < 1.29 is 10.2 Å². The van der Waals surface area contributed by atoms with Crippen molar-refractivity contribution in [3.63, 3.8) is 0 Å². The lowest BCUT2D eigenvalue weighted by Crippen LogP contribution is -2.31. The van der Waals surface area contributed by atoms with Crippen LogP contribution in [-0.4, -0.2) is 44.5 Å². The minimum absolute atomic E-state index is 0.0600. The van der Waals surface area contributed by atoms with Gasteiger partial charge in [0.25, 0.3) is 0 Å². The Morgan fingerprint density at radius 1 is 1.53 bits per heavy atom. The molecule has 0 amide bonds. The van der Waals surface area contributed by atoms with E-state index in [2.05, 4.69) is 15.6 Å². The number of aliphatic hydroxyl groups is 2. The van der Waals surface area contributed by atoms with Gasteiger partial charge in [-0.3, -0.25) is 0 Å². The van der Waals surface area contributed by atoms with Gasteiger partial charge in [0, 0.05) is 18.8 Å². The fraction of sp³-hybridized carbons (Fsp3) is 0.778. The molecule has 1 heterocycles. The van der Waals surface area contributed by atoms with Crippen molar-refractivity contribution in [3.05, 3.63) is 11.9 Å². The molecule has 1 aromatic rings. The number of aliphatic hydroxyl groups excluding tert-OH is 2. The summed E-state index contributed by atoms with van der Waals surface area (Å²) in [6.45, 7) is 3.25. The fourth-order valence-electron chi connectivity index (χ4n) is 1.22. The van der Waals surface area contributed by atoms with E-state index in [1.165, 1.54) is 0 Å². The Hall–Kier alpha value is -0.980. The summed E-state index contributed by atoms with van der Waals surface area (Å²) in [4.78, 5) is 0. The molecule has 0 saturated carbocycles. The molecule has 15 heavy (non-hydrogen) atoms. The predicted octanol–water partition coefficient (Wildman–Crippen LogP) is -0.869. The Labute approximate surface area is 88.9 Å². The van der Waals surface area contributed by atoms with E-state index in [0.29, 0.717) is 13.1 Å². The molecular formula is C9H18N4O2. The highest BCUT2D eigenvalue weighted by molar-refractivity contribution is 4.92. The van der Waals surface area contributed by atoms with Gasteiger partial charge in [-0.05, 0) is 6.42 Å². The quantitative estimate of drug-likeness (QED) is 0.549. The van der Waals surface area contributed by atoms with E-state index < -0.39 is 0 Å². The summed E-state index contributed by atoms with van der Waals surface area (Å²) in [7, 11) is 0. The van der Waals surface area contributed by atoms with Crippen LogP contribution in [0.3, 0.4) is 0 Å². The first kappa shape index (κ1) is 12.1. The average Bonchev–Trinajstić information content (AvgIpc) is 2.68. The smallest absolute Gasteiger partial charge is 0.0964 e. The van der Waals surface area contributed by atoms with Crippen molar-refractivity contribution in [2.45, 2.75) is 32.5 Å². The van der Waals surface area contributed by atoms with Gasteiger partial charge in [-0.1, -0.05) is 12.1 Å². The number of hydrogen-bond donors (Lipinski definition) is 3. The fourth-order valence-corrected chi connectivity index (χ4v) is 1.22. The van der Waals surface area contributed by atoms with Crippen LogP contribution in [0.5, 0.6) is 0 Å². The van der Waals surface area contributed by atoms with E-state index in [0.717, 1.165) is 12.1 Å². The third kappa shape index (κ3) is 3.94. The van der Waals surface area contributed by atoms with Gasteiger partial charge >= 0.3 is 0 Å². The van der Waals surface area contributed by atoms with Crippen molar-refractivity contribution in [3.8, 4) is 0 Å². The molecule has 6 heteroatoms. The first-order valence-electron chi connectivity index (χ1n) is 5.14. The summed E-state index contributed by atoms with van der Waals surface area (Å²) in [5.74, 6) is 0. The molecule has 1 unspecified atom stereocenters. The highest BCUT2D eigenvalue weighted by atomic mass is 16.3. The molecule has 0 fully saturated rings. The summed E-state index contributed by atoms with van der Waals surface area (Å²) < 4.78 is 1.59. The van der Waals surface area contributed by atoms with Crippen LogP contribution >= 0.6 is 0 Å². The van der Waals surface area contributed by atoms with Crippen LogP contribution in [0.4, 0.5) is 0 Å². The number of hydrogen-bond acceptors (Lipinski definition) is 5. The zero-order valence-corrected chi connectivity index (χ0v) is 8.93. The van der Waals surface area contributed by atoms with E-state index in [1.807, 2.05) is 6.92 Å². The minimum Gasteiger partial charge on any atom is -0.395 e. The largest absolute Gasteiger partial charge is 0.395 e. The summed E-state index contributed by atoms with van der Waals surface area (Å²) in [5, 5.41) is 28.6. The molecule has 0 aliphatic rings. The van der Waals surface area contributed by atoms with Crippen LogP contribution < -0.4 is 5.32 Å². The second-order valence-electron chi connectivity index (χ2n) is 3.37. The Morgan fingerprint density at radius 3 is 2.93 bits per heavy atom. The molecule has 1 atom stereocenters. The number of rotatable bonds is 7. The molecule has 0 radical (unpaired) electrons. The zero-order valence-electron chi connectivity index (χ0n) is 8.93. The minimum atomic E-state index is 0.0600. The number of nitrogens with one attached hydrogen (secondary N) is 1. The van der Waals surface area contributed by atoms with Gasteiger partial charge in [-0.15, -0.1) is 5.10 Å². The first-order chi connectivity index (χ1) is 7.30. The Bertz CT molecular complexity index is 273. The molecule has 1 rings (SSSR count). The second-order valence-corrected chi connectivity index (χ2v) is 3.37. The average molecular weight is 214 g/mol. The summed E-state index contributed by atoms with van der Waals surface area (Å²) in [6, 6.07) is 0.105. The summed E-state index contributed by atoms with van der Waals surface area (Å²) in [6.07, 6.45) is 2.66. The number of aromatic nitrogens is 3. The third-order valence-corrected chi connectivity index (χ3v) is 2.20. The standard InChI is InChI=1S/C9H18N4O2/c1-2-8(7-15)10-5-9-6-13(3-4-14)12-11-9/h6,8,10,14-15H,2-5,7H2,1H3. The second kappa shape index (κ2) is 6.49. The molecule has 0 aliphatic carbocycles. The highest BCUT2D eigenvalue weighted by Crippen LogP contribution is 1.95. The maximum absolute atomic E-state index is 8.96. The van der Waals surface area contributed by atoms with Crippen LogP contribution in [0, 0.1) is 0 Å². The van der Waals surface area contributed by atoms with Gasteiger partial charge in [0.15, 0.2) is 0 Å². The lowest BCUT2D eigenvalue weighted by molar-refractivity contribution is 0.238. The van der Waals surface area contributed by atoms with Gasteiger partial charge in [0.1, 0.15) is 0 Å². The Morgan fingerprint density at radius 2 is 2.33 bits per heavy atom. The normalized spacial score (nSPS) is 13.0. The molecule has 0 spiro atoms. The molecular weight excluding hydrogens is 196 g/mol. The lowest BCUT2D eigenvalue weighted by atomic mass is 10.2. The topological polar surface area (TPSA) is 83.2 Å². The van der Waals surface area contributed by atoms with Crippen LogP contribution in [-0.2, 0) is 13.1 Å². The van der Waals surface area contributed by atoms with Crippen molar-refractivity contribution >= 4 is 0 Å². The van der Waals surface area contributed by atoms with Gasteiger partial charge in [0.05, 0.1) is 25.5 Å². The van der Waals surface area contributed by atoms with Crippen molar-refractivity contribution in [2.24, 2.45) is 0 Å². The molecule has 6 nitrogen and oxygen atoms in total. The van der Waals surface area contributed by atoms with E-state index in [1.54, 1.807) is 10.9 Å². The van der Waals surface area contributed by atoms with Crippen LogP contribution in [0.15, 0.2) is 6.20 Å². The summed E-state index contributed by atoms with van der Waals surface area (Å²) in [5.41, 5.74) is 0.815. The number of nitrogens with zero attached hydrogens (tertiary/aromatic N) is 3. The molecule has 3 N–H and O–H groups in total. The van der Waals surface area contributed by atoms with Crippen LogP contribution in [0.1, 0.15) is 19.0 Å². The molecule has 1 aromatic heterocycles. The van der Waals surface area contributed by atoms with Crippen molar-refractivity contribution in [1.29, 1.82) is 0 Å². The molecule has 0 aliphatic heterocycles. The Kier molecular flexibility index (Phi) is 5.23. The Balaban J connectivity index is 2.36. The summed E-state index contributed by atoms with van der Waals surface area (Å²) >= 11 is 0. The SMILES string of the molecule is CCC(CO)NCc1cn(CCO)nn1. The van der Waals surface area contributed by atoms with E-state index in [9.17, 15) is 0 Å². The van der Waals surface area contributed by atoms with Gasteiger partial charge < -0.3 is 15.5 Å². The van der Waals surface area contributed by atoms with Gasteiger partial charge in [0.2, 0.25) is 0 Å². The maximum atomic E-state index is 8.96. The lowest BCUT2D eigenvalue weighted by Gasteiger charge is -2.11. The van der Waals surface area contributed by atoms with Crippen LogP contribution in [0.25, 0.3) is 0 Å². The first-order valence-corrected chi connectivity index (χ1v) is 5.14. The predicted molar refractivity (Wildman–Crippen MR) is 55.1 cm³/mol. The van der Waals surface area contributed by atoms with Crippen molar-refractivity contribution in [1.82, 2.24) is 20.3 Å². The molecule has 0 saturated heterocycles. The van der Waals surface area contributed by atoms with Crippen LogP contribution in [0.2, 0.25) is 0 Å². The monoisotopic (exact) mass is 214 g/mol. The molecule has 0 aromatic carbocycles. The zero-order chi connectivity index (χ0) is 11.1. The highest BCUT2D eigenvalue weighted by Gasteiger charge is 2.05. The molecule has 86 valence electrons. The van der Waals surface area contributed by atoms with Gasteiger partial charge in [-0.25, -0.2) is 4.68 Å². The van der Waals surface area contributed by atoms with Gasteiger partial charge in [-0.2, -0.15) is 0 Å². The maximum Gasteiger partial charge on any atom is 0.0964 e. The third-order valence-electron chi connectivity index (χ3n) is 2.20. The van der Waals surface area contributed by atoms with E-state index in [4.69, 9.17) is 10.2 Å². The van der Waals surface area contributed by atoms with E-state index >= 15 is 0 Å². The van der Waals surface area contributed by atoms with Crippen molar-refractivity contribution in [2.75, 3.05) is 13.2 Å². The molecule has 0 bridgehead atoms. The van der Waals surface area contributed by atoms with E-state index in [-0.39, 0.29) is 19.3 Å².